The summed E-state index contributed by atoms with van der Waals surface area (Å²) >= 11 is 0. The second kappa shape index (κ2) is 5.14. The van der Waals surface area contributed by atoms with Gasteiger partial charge < -0.3 is 10.2 Å². The smallest absolute Gasteiger partial charge is 0.131 e. The number of aromatic nitrogens is 1. The van der Waals surface area contributed by atoms with Gasteiger partial charge in [-0.1, -0.05) is 6.07 Å². The Kier molecular flexibility index (Phi) is 3.37. The summed E-state index contributed by atoms with van der Waals surface area (Å²) in [6.45, 7) is 7.77. The third-order valence-corrected chi connectivity index (χ3v) is 4.00. The zero-order chi connectivity index (χ0) is 12.4. The predicted octanol–water partition coefficient (Wildman–Crippen LogP) is 1.80. The van der Waals surface area contributed by atoms with E-state index in [-0.39, 0.29) is 0 Å². The lowest BCUT2D eigenvalue weighted by molar-refractivity contribution is 0.230. The molecule has 0 aromatic carbocycles. The number of hydrogen-bond donors (Lipinski definition) is 1. The van der Waals surface area contributed by atoms with Crippen molar-refractivity contribution in [2.75, 3.05) is 42.9 Å². The van der Waals surface area contributed by atoms with Crippen molar-refractivity contribution >= 4 is 11.6 Å². The molecule has 1 atom stereocenters. The maximum absolute atomic E-state index is 4.70. The Morgan fingerprint density at radius 2 is 2.28 bits per heavy atom. The zero-order valence-electron chi connectivity index (χ0n) is 11.1. The van der Waals surface area contributed by atoms with E-state index in [1.807, 2.05) is 6.07 Å². The number of pyridine rings is 1. The molecule has 0 aliphatic carbocycles. The Labute approximate surface area is 109 Å². The number of nitrogens with one attached hydrogen (secondary N) is 1. The van der Waals surface area contributed by atoms with Crippen LogP contribution in [0, 0.1) is 0 Å². The van der Waals surface area contributed by atoms with Crippen molar-refractivity contribution in [3.05, 3.63) is 18.2 Å². The quantitative estimate of drug-likeness (QED) is 0.881. The molecule has 18 heavy (non-hydrogen) atoms. The number of hydrogen-bond acceptors (Lipinski definition) is 4. The van der Waals surface area contributed by atoms with Gasteiger partial charge in [0.05, 0.1) is 0 Å². The molecular formula is C14H22N4. The van der Waals surface area contributed by atoms with E-state index in [1.54, 1.807) is 0 Å². The molecule has 0 bridgehead atoms. The molecule has 1 aromatic rings. The lowest BCUT2D eigenvalue weighted by Gasteiger charge is -2.38. The molecule has 0 amide bonds. The monoisotopic (exact) mass is 246 g/mol. The number of anilines is 2. The molecule has 3 rings (SSSR count). The van der Waals surface area contributed by atoms with Crippen LogP contribution >= 0.6 is 0 Å². The van der Waals surface area contributed by atoms with Gasteiger partial charge in [-0.05, 0) is 38.4 Å². The van der Waals surface area contributed by atoms with E-state index in [2.05, 4.69) is 34.2 Å². The summed E-state index contributed by atoms with van der Waals surface area (Å²) in [7, 11) is 0. The number of piperazine rings is 1. The number of rotatable bonds is 3. The van der Waals surface area contributed by atoms with Crippen molar-refractivity contribution < 1.29 is 0 Å². The first kappa shape index (κ1) is 11.8. The Balaban J connectivity index is 1.72. The first-order chi connectivity index (χ1) is 8.86. The first-order valence-corrected chi connectivity index (χ1v) is 7.07. The molecule has 1 unspecified atom stereocenters. The molecule has 4 heteroatoms. The molecule has 0 spiro atoms. The topological polar surface area (TPSA) is 31.4 Å². The SMILES string of the molecule is CCNc1cccc(N2CCN3CCCC3C2)n1. The highest BCUT2D eigenvalue weighted by Gasteiger charge is 2.30. The van der Waals surface area contributed by atoms with Crippen LogP contribution in [0.5, 0.6) is 0 Å². The first-order valence-electron chi connectivity index (χ1n) is 7.07. The average Bonchev–Trinajstić information content (AvgIpc) is 2.86. The minimum atomic E-state index is 0.753. The molecule has 3 heterocycles. The molecule has 0 radical (unpaired) electrons. The summed E-state index contributed by atoms with van der Waals surface area (Å²) in [6.07, 6.45) is 2.72. The summed E-state index contributed by atoms with van der Waals surface area (Å²) in [5.41, 5.74) is 0. The molecule has 1 N–H and O–H groups in total. The van der Waals surface area contributed by atoms with E-state index in [0.29, 0.717) is 0 Å². The second-order valence-corrected chi connectivity index (χ2v) is 5.19. The Morgan fingerprint density at radius 1 is 1.33 bits per heavy atom. The molecule has 0 saturated carbocycles. The fourth-order valence-electron chi connectivity index (χ4n) is 3.08. The largest absolute Gasteiger partial charge is 0.370 e. The molecule has 2 fully saturated rings. The third kappa shape index (κ3) is 2.29. The molecule has 98 valence electrons. The molecule has 2 aliphatic heterocycles. The molecule has 2 aliphatic rings. The summed E-state index contributed by atoms with van der Waals surface area (Å²) in [5, 5.41) is 3.29. The highest BCUT2D eigenvalue weighted by atomic mass is 15.3. The van der Waals surface area contributed by atoms with Gasteiger partial charge in [-0.2, -0.15) is 0 Å². The molecule has 2 saturated heterocycles. The van der Waals surface area contributed by atoms with Gasteiger partial charge in [-0.15, -0.1) is 0 Å². The minimum absolute atomic E-state index is 0.753. The standard InChI is InChI=1S/C14H22N4/c1-2-15-13-6-3-7-14(16-13)18-10-9-17-8-4-5-12(17)11-18/h3,6-7,12H,2,4-5,8-11H2,1H3,(H,15,16). The lowest BCUT2D eigenvalue weighted by Crippen LogP contribution is -2.50. The van der Waals surface area contributed by atoms with Gasteiger partial charge in [0.15, 0.2) is 0 Å². The Bertz CT molecular complexity index is 407. The zero-order valence-corrected chi connectivity index (χ0v) is 11.1. The van der Waals surface area contributed by atoms with E-state index in [9.17, 15) is 0 Å². The van der Waals surface area contributed by atoms with Crippen molar-refractivity contribution in [1.29, 1.82) is 0 Å². The van der Waals surface area contributed by atoms with Gasteiger partial charge in [0, 0.05) is 32.2 Å². The average molecular weight is 246 g/mol. The van der Waals surface area contributed by atoms with Crippen LogP contribution in [0.4, 0.5) is 11.6 Å². The van der Waals surface area contributed by atoms with Crippen LogP contribution in [-0.2, 0) is 0 Å². The van der Waals surface area contributed by atoms with Crippen LogP contribution in [-0.4, -0.2) is 48.6 Å². The van der Waals surface area contributed by atoms with E-state index in [4.69, 9.17) is 4.98 Å². The van der Waals surface area contributed by atoms with E-state index >= 15 is 0 Å². The summed E-state index contributed by atoms with van der Waals surface area (Å²) < 4.78 is 0. The maximum Gasteiger partial charge on any atom is 0.131 e. The van der Waals surface area contributed by atoms with Crippen molar-refractivity contribution in [1.82, 2.24) is 9.88 Å². The fourth-order valence-corrected chi connectivity index (χ4v) is 3.08. The van der Waals surface area contributed by atoms with Gasteiger partial charge in [0.25, 0.3) is 0 Å². The van der Waals surface area contributed by atoms with Crippen LogP contribution in [0.25, 0.3) is 0 Å². The van der Waals surface area contributed by atoms with Crippen molar-refractivity contribution in [3.63, 3.8) is 0 Å². The second-order valence-electron chi connectivity index (χ2n) is 5.19. The highest BCUT2D eigenvalue weighted by Crippen LogP contribution is 2.24. The summed E-state index contributed by atoms with van der Waals surface area (Å²) in [5.74, 6) is 2.11. The Morgan fingerprint density at radius 3 is 3.17 bits per heavy atom. The lowest BCUT2D eigenvalue weighted by atomic mass is 10.1. The summed E-state index contributed by atoms with van der Waals surface area (Å²) in [6, 6.07) is 7.02. The number of fused-ring (bicyclic) bond motifs is 1. The third-order valence-electron chi connectivity index (χ3n) is 4.00. The van der Waals surface area contributed by atoms with Gasteiger partial charge in [-0.25, -0.2) is 4.98 Å². The van der Waals surface area contributed by atoms with Crippen LogP contribution in [0.15, 0.2) is 18.2 Å². The van der Waals surface area contributed by atoms with Gasteiger partial charge in [-0.3, -0.25) is 4.90 Å². The van der Waals surface area contributed by atoms with Gasteiger partial charge in [0.1, 0.15) is 11.6 Å². The van der Waals surface area contributed by atoms with Crippen LogP contribution in [0.3, 0.4) is 0 Å². The predicted molar refractivity (Wildman–Crippen MR) is 75.2 cm³/mol. The van der Waals surface area contributed by atoms with Crippen molar-refractivity contribution in [3.8, 4) is 0 Å². The van der Waals surface area contributed by atoms with E-state index < -0.39 is 0 Å². The van der Waals surface area contributed by atoms with E-state index in [1.165, 1.54) is 25.9 Å². The normalized spacial score (nSPS) is 24.1. The van der Waals surface area contributed by atoms with Gasteiger partial charge >= 0.3 is 0 Å². The van der Waals surface area contributed by atoms with Crippen molar-refractivity contribution in [2.45, 2.75) is 25.8 Å². The Hall–Kier alpha value is -1.29. The van der Waals surface area contributed by atoms with Gasteiger partial charge in [0.2, 0.25) is 0 Å². The van der Waals surface area contributed by atoms with Crippen molar-refractivity contribution in [2.24, 2.45) is 0 Å². The molecular weight excluding hydrogens is 224 g/mol. The fraction of sp³-hybridized carbons (Fsp3) is 0.643. The summed E-state index contributed by atoms with van der Waals surface area (Å²) in [4.78, 5) is 9.76. The van der Waals surface area contributed by atoms with Crippen LogP contribution in [0.1, 0.15) is 19.8 Å². The molecule has 4 nitrogen and oxygen atoms in total. The van der Waals surface area contributed by atoms with Crippen LogP contribution < -0.4 is 10.2 Å². The highest BCUT2D eigenvalue weighted by molar-refractivity contribution is 5.47. The molecule has 1 aromatic heterocycles. The number of nitrogens with zero attached hydrogens (tertiary/aromatic N) is 3. The van der Waals surface area contributed by atoms with E-state index in [0.717, 1.165) is 37.3 Å². The maximum atomic E-state index is 4.70. The minimum Gasteiger partial charge on any atom is -0.370 e. The van der Waals surface area contributed by atoms with Crippen LogP contribution in [0.2, 0.25) is 0 Å².